The van der Waals surface area contributed by atoms with Crippen molar-refractivity contribution >= 4 is 11.8 Å². The zero-order valence-electron chi connectivity index (χ0n) is 21.0. The summed E-state index contributed by atoms with van der Waals surface area (Å²) in [7, 11) is 3.79. The molecule has 0 aliphatic carbocycles. The number of piperazine rings is 1. The van der Waals surface area contributed by atoms with Crippen molar-refractivity contribution in [2.75, 3.05) is 64.9 Å². The van der Waals surface area contributed by atoms with E-state index in [1.165, 1.54) is 12.1 Å². The lowest BCUT2D eigenvalue weighted by molar-refractivity contribution is 0.166. The molecule has 1 aliphatic heterocycles. The zero-order valence-corrected chi connectivity index (χ0v) is 21.0. The Kier molecular flexibility index (Phi) is 9.71. The number of nitrogens with zero attached hydrogens (tertiary/aromatic N) is 5. The minimum absolute atomic E-state index is 0.0770. The van der Waals surface area contributed by atoms with E-state index in [-0.39, 0.29) is 11.8 Å². The first-order chi connectivity index (χ1) is 16.4. The molecule has 0 bridgehead atoms. The van der Waals surface area contributed by atoms with Crippen molar-refractivity contribution in [3.05, 3.63) is 41.3 Å². The highest BCUT2D eigenvalue weighted by Gasteiger charge is 2.27. The van der Waals surface area contributed by atoms with Crippen molar-refractivity contribution in [1.82, 2.24) is 24.9 Å². The second-order valence-corrected chi connectivity index (χ2v) is 8.92. The summed E-state index contributed by atoms with van der Waals surface area (Å²) in [5.74, 6) is 0.641. The molecule has 8 nitrogen and oxygen atoms in total. The van der Waals surface area contributed by atoms with Crippen LogP contribution >= 0.6 is 0 Å². The number of rotatable bonds is 11. The maximum Gasteiger partial charge on any atom is 0.317 e. The third-order valence-corrected chi connectivity index (χ3v) is 6.23. The van der Waals surface area contributed by atoms with Gasteiger partial charge in [0.2, 0.25) is 0 Å². The Morgan fingerprint density at radius 1 is 1.24 bits per heavy atom. The first-order valence-electron chi connectivity index (χ1n) is 12.2. The molecule has 0 saturated carbocycles. The lowest BCUT2D eigenvalue weighted by Gasteiger charge is -2.35. The van der Waals surface area contributed by atoms with Gasteiger partial charge in [0.25, 0.3) is 0 Å². The van der Waals surface area contributed by atoms with Gasteiger partial charge in [0.05, 0.1) is 17.9 Å². The molecule has 3 rings (SSSR count). The average molecular weight is 475 g/mol. The van der Waals surface area contributed by atoms with Crippen LogP contribution in [0.2, 0.25) is 0 Å². The van der Waals surface area contributed by atoms with Crippen molar-refractivity contribution in [2.45, 2.75) is 39.7 Å². The highest BCUT2D eigenvalue weighted by molar-refractivity contribution is 5.74. The van der Waals surface area contributed by atoms with E-state index in [4.69, 9.17) is 9.84 Å². The molecule has 0 spiro atoms. The van der Waals surface area contributed by atoms with Gasteiger partial charge in [-0.25, -0.2) is 13.9 Å². The number of aromatic nitrogens is 2. The summed E-state index contributed by atoms with van der Waals surface area (Å²) in [6.45, 7) is 9.88. The van der Waals surface area contributed by atoms with E-state index in [2.05, 4.69) is 29.1 Å². The predicted octanol–water partition coefficient (Wildman–Crippen LogP) is 3.42. The number of unbranched alkanes of at least 4 members (excludes halogenated alkanes) is 1. The number of anilines is 1. The molecule has 1 N–H and O–H groups in total. The van der Waals surface area contributed by atoms with E-state index in [0.29, 0.717) is 31.9 Å². The minimum Gasteiger partial charge on any atom is -0.385 e. The third kappa shape index (κ3) is 6.70. The van der Waals surface area contributed by atoms with Gasteiger partial charge < -0.3 is 24.8 Å². The third-order valence-electron chi connectivity index (χ3n) is 6.23. The molecule has 1 fully saturated rings. The van der Waals surface area contributed by atoms with Gasteiger partial charge in [0.15, 0.2) is 0 Å². The fourth-order valence-electron chi connectivity index (χ4n) is 4.19. The van der Waals surface area contributed by atoms with E-state index in [0.717, 1.165) is 62.5 Å². The molecule has 2 heterocycles. The Morgan fingerprint density at radius 3 is 2.68 bits per heavy atom. The molecule has 0 radical (unpaired) electrons. The summed E-state index contributed by atoms with van der Waals surface area (Å²) in [5.41, 5.74) is 2.52. The molecule has 1 aliphatic rings. The van der Waals surface area contributed by atoms with E-state index in [1.807, 2.05) is 22.6 Å². The normalized spacial score (nSPS) is 14.4. The number of nitrogens with one attached hydrogen (secondary N) is 1. The number of halogens is 1. The summed E-state index contributed by atoms with van der Waals surface area (Å²) in [5, 5.41) is 7.86. The summed E-state index contributed by atoms with van der Waals surface area (Å²) in [6, 6.07) is 6.43. The van der Waals surface area contributed by atoms with Gasteiger partial charge in [-0.15, -0.1) is 0 Å². The number of amides is 2. The van der Waals surface area contributed by atoms with E-state index in [1.54, 1.807) is 13.2 Å². The molecule has 2 aromatic rings. The lowest BCUT2D eigenvalue weighted by Crippen LogP contribution is -2.46. The number of aryl methyl sites for hydroxylation is 1. The van der Waals surface area contributed by atoms with Crippen molar-refractivity contribution < 1.29 is 13.9 Å². The van der Waals surface area contributed by atoms with E-state index >= 15 is 0 Å². The van der Waals surface area contributed by atoms with Gasteiger partial charge in [-0.1, -0.05) is 19.4 Å². The van der Waals surface area contributed by atoms with Crippen LogP contribution < -0.4 is 10.2 Å². The number of methoxy groups -OCH3 is 1. The molecule has 1 saturated heterocycles. The predicted molar refractivity (Wildman–Crippen MR) is 133 cm³/mol. The molecule has 0 atom stereocenters. The Labute approximate surface area is 202 Å². The van der Waals surface area contributed by atoms with Crippen LogP contribution in [0.5, 0.6) is 0 Å². The average Bonchev–Trinajstić information content (AvgIpc) is 3.15. The molecule has 188 valence electrons. The van der Waals surface area contributed by atoms with Crippen LogP contribution in [0.4, 0.5) is 15.0 Å². The molecular formula is C25H39FN6O2. The number of carbonyl (C=O) groups is 1. The lowest BCUT2D eigenvalue weighted by atomic mass is 10.2. The zero-order chi connectivity index (χ0) is 24.5. The summed E-state index contributed by atoms with van der Waals surface area (Å²) < 4.78 is 21.1. The van der Waals surface area contributed by atoms with Crippen molar-refractivity contribution in [1.29, 1.82) is 0 Å². The molecular weight excluding hydrogens is 435 g/mol. The van der Waals surface area contributed by atoms with Crippen LogP contribution in [0.25, 0.3) is 5.69 Å². The first kappa shape index (κ1) is 26.0. The number of benzene rings is 1. The van der Waals surface area contributed by atoms with Gasteiger partial charge >= 0.3 is 6.03 Å². The van der Waals surface area contributed by atoms with Crippen LogP contribution in [0.15, 0.2) is 24.3 Å². The number of hydrogen-bond donors (Lipinski definition) is 1. The van der Waals surface area contributed by atoms with Gasteiger partial charge in [0, 0.05) is 58.5 Å². The molecule has 0 unspecified atom stereocenters. The van der Waals surface area contributed by atoms with E-state index in [9.17, 15) is 9.18 Å². The number of carbonyl (C=O) groups excluding carboxylic acids is 1. The first-order valence-corrected chi connectivity index (χ1v) is 12.2. The number of ether oxygens (including phenoxy) is 1. The second-order valence-electron chi connectivity index (χ2n) is 8.92. The number of hydrogen-bond acceptors (Lipinski definition) is 5. The molecule has 1 aromatic heterocycles. The monoisotopic (exact) mass is 474 g/mol. The molecule has 34 heavy (non-hydrogen) atoms. The second kappa shape index (κ2) is 12.7. The fourth-order valence-corrected chi connectivity index (χ4v) is 4.19. The largest absolute Gasteiger partial charge is 0.385 e. The summed E-state index contributed by atoms with van der Waals surface area (Å²) in [6.07, 6.45) is 2.72. The molecule has 1 aromatic carbocycles. The van der Waals surface area contributed by atoms with Gasteiger partial charge in [-0.2, -0.15) is 5.10 Å². The summed E-state index contributed by atoms with van der Waals surface area (Å²) >= 11 is 0. The van der Waals surface area contributed by atoms with Gasteiger partial charge in [-0.05, 0) is 45.0 Å². The van der Waals surface area contributed by atoms with Crippen LogP contribution in [0, 0.1) is 12.7 Å². The van der Waals surface area contributed by atoms with Crippen molar-refractivity contribution in [3.8, 4) is 5.69 Å². The van der Waals surface area contributed by atoms with Crippen LogP contribution in [0.3, 0.4) is 0 Å². The Balaban J connectivity index is 1.96. The minimum atomic E-state index is -0.298. The standard InChI is InChI=1S/C25H39FN6O2/c1-5-6-11-27-25(33)31(12-8-17-34-4)19-23-20(2)28-32(22-10-7-9-21(26)18-22)24(23)30-15-13-29(3)14-16-30/h7,9-10,18H,5-6,8,11-17,19H2,1-4H3,(H,27,33). The maximum atomic E-state index is 14.1. The Hall–Kier alpha value is -2.65. The fraction of sp³-hybridized carbons (Fsp3) is 0.600. The quantitative estimate of drug-likeness (QED) is 0.506. The Bertz CT molecular complexity index is 926. The Morgan fingerprint density at radius 2 is 2.00 bits per heavy atom. The number of likely N-dealkylation sites (N-methyl/N-ethyl adjacent to an activating group) is 1. The topological polar surface area (TPSA) is 65.9 Å². The molecule has 2 amide bonds. The number of urea groups is 1. The van der Waals surface area contributed by atoms with Crippen LogP contribution in [0.1, 0.15) is 37.4 Å². The highest BCUT2D eigenvalue weighted by atomic mass is 19.1. The van der Waals surface area contributed by atoms with E-state index < -0.39 is 0 Å². The highest BCUT2D eigenvalue weighted by Crippen LogP contribution is 2.30. The van der Waals surface area contributed by atoms with Gasteiger partial charge in [0.1, 0.15) is 11.6 Å². The maximum absolute atomic E-state index is 14.1. The van der Waals surface area contributed by atoms with Crippen LogP contribution in [-0.2, 0) is 11.3 Å². The van der Waals surface area contributed by atoms with Crippen LogP contribution in [-0.4, -0.2) is 85.6 Å². The summed E-state index contributed by atoms with van der Waals surface area (Å²) in [4.78, 5) is 19.5. The van der Waals surface area contributed by atoms with Gasteiger partial charge in [-0.3, -0.25) is 0 Å². The smallest absolute Gasteiger partial charge is 0.317 e. The van der Waals surface area contributed by atoms with Crippen molar-refractivity contribution in [2.24, 2.45) is 0 Å². The van der Waals surface area contributed by atoms with Crippen molar-refractivity contribution in [3.63, 3.8) is 0 Å². The molecule has 9 heteroatoms. The SMILES string of the molecule is CCCCNC(=O)N(CCCOC)Cc1c(C)nn(-c2cccc(F)c2)c1N1CCN(C)CC1.